The van der Waals surface area contributed by atoms with Gasteiger partial charge in [0.05, 0.1) is 17.6 Å². The summed E-state index contributed by atoms with van der Waals surface area (Å²) >= 11 is 0. The van der Waals surface area contributed by atoms with Crippen molar-refractivity contribution in [3.05, 3.63) is 70.4 Å². The summed E-state index contributed by atoms with van der Waals surface area (Å²) in [5.74, 6) is -0.588. The van der Waals surface area contributed by atoms with Gasteiger partial charge in [-0.15, -0.1) is 0 Å². The molecule has 0 saturated heterocycles. The molecule has 3 rings (SSSR count). The Balaban J connectivity index is 1.43. The highest BCUT2D eigenvalue weighted by atomic mass is 19.1. The third-order valence-corrected chi connectivity index (χ3v) is 4.00. The summed E-state index contributed by atoms with van der Waals surface area (Å²) in [6.45, 7) is 0.738. The maximum absolute atomic E-state index is 12.8. The molecular formula is C19H19FN2O3. The van der Waals surface area contributed by atoms with Crippen LogP contribution in [-0.4, -0.2) is 22.1 Å². The number of nitrogens with zero attached hydrogens (tertiary/aromatic N) is 1. The van der Waals surface area contributed by atoms with E-state index in [0.29, 0.717) is 19.4 Å². The second-order valence-corrected chi connectivity index (χ2v) is 5.80. The molecule has 3 aromatic rings. The average molecular weight is 342 g/mol. The fraction of sp³-hybridized carbons (Fsp3) is 0.263. The van der Waals surface area contributed by atoms with Crippen LogP contribution in [-0.2, 0) is 22.5 Å². The van der Waals surface area contributed by atoms with Crippen LogP contribution < -0.4 is 5.69 Å². The first-order chi connectivity index (χ1) is 12.1. The first kappa shape index (κ1) is 17.0. The highest BCUT2D eigenvalue weighted by Gasteiger charge is 2.07. The zero-order chi connectivity index (χ0) is 17.6. The second kappa shape index (κ2) is 7.79. The number of benzene rings is 2. The minimum absolute atomic E-state index is 0.163. The second-order valence-electron chi connectivity index (χ2n) is 5.80. The number of carbonyl (C=O) groups is 1. The van der Waals surface area contributed by atoms with Crippen LogP contribution in [0, 0.1) is 5.82 Å². The van der Waals surface area contributed by atoms with E-state index in [1.165, 1.54) is 12.1 Å². The van der Waals surface area contributed by atoms with Gasteiger partial charge in [-0.3, -0.25) is 9.36 Å². The maximum Gasteiger partial charge on any atom is 0.326 e. The van der Waals surface area contributed by atoms with Gasteiger partial charge in [-0.1, -0.05) is 24.3 Å². The highest BCUT2D eigenvalue weighted by molar-refractivity contribution is 5.74. The molecule has 0 unspecified atom stereocenters. The summed E-state index contributed by atoms with van der Waals surface area (Å²) in [7, 11) is 0. The van der Waals surface area contributed by atoms with Crippen LogP contribution in [0.5, 0.6) is 0 Å². The zero-order valence-electron chi connectivity index (χ0n) is 13.7. The first-order valence-electron chi connectivity index (χ1n) is 8.21. The number of fused-ring (bicyclic) bond motifs is 1. The van der Waals surface area contributed by atoms with E-state index < -0.39 is 0 Å². The molecule has 0 bridgehead atoms. The summed E-state index contributed by atoms with van der Waals surface area (Å²) in [4.78, 5) is 26.5. The molecule has 0 spiro atoms. The van der Waals surface area contributed by atoms with Crippen molar-refractivity contribution in [1.82, 2.24) is 9.55 Å². The number of imidazole rings is 1. The van der Waals surface area contributed by atoms with Crippen LogP contribution in [0.4, 0.5) is 4.39 Å². The molecule has 0 aliphatic rings. The Morgan fingerprint density at radius 2 is 1.88 bits per heavy atom. The predicted octanol–water partition coefficient (Wildman–Crippen LogP) is 3.03. The van der Waals surface area contributed by atoms with E-state index in [2.05, 4.69) is 4.98 Å². The fourth-order valence-corrected chi connectivity index (χ4v) is 2.71. The number of rotatable bonds is 7. The van der Waals surface area contributed by atoms with Gasteiger partial charge in [0.2, 0.25) is 0 Å². The molecule has 0 radical (unpaired) electrons. The predicted molar refractivity (Wildman–Crippen MR) is 92.9 cm³/mol. The average Bonchev–Trinajstić information content (AvgIpc) is 2.93. The van der Waals surface area contributed by atoms with Crippen LogP contribution in [0.2, 0.25) is 0 Å². The number of ether oxygens (including phenoxy) is 1. The third-order valence-electron chi connectivity index (χ3n) is 4.00. The van der Waals surface area contributed by atoms with E-state index in [4.69, 9.17) is 4.74 Å². The molecule has 2 aromatic carbocycles. The quantitative estimate of drug-likeness (QED) is 0.530. The smallest absolute Gasteiger partial charge is 0.326 e. The molecule has 5 nitrogen and oxygen atoms in total. The number of hydrogen-bond acceptors (Lipinski definition) is 3. The van der Waals surface area contributed by atoms with E-state index in [1.807, 2.05) is 24.3 Å². The molecule has 0 amide bonds. The van der Waals surface area contributed by atoms with Crippen molar-refractivity contribution >= 4 is 17.0 Å². The minimum atomic E-state index is -0.296. The molecular weight excluding hydrogens is 323 g/mol. The molecule has 1 heterocycles. The molecule has 25 heavy (non-hydrogen) atoms. The first-order valence-corrected chi connectivity index (χ1v) is 8.21. The lowest BCUT2D eigenvalue weighted by Gasteiger charge is -2.06. The van der Waals surface area contributed by atoms with Crippen LogP contribution >= 0.6 is 0 Å². The highest BCUT2D eigenvalue weighted by Crippen LogP contribution is 2.10. The number of hydrogen-bond donors (Lipinski definition) is 1. The van der Waals surface area contributed by atoms with Crippen LogP contribution in [0.1, 0.15) is 18.4 Å². The number of aromatic amines is 1. The van der Waals surface area contributed by atoms with E-state index in [-0.39, 0.29) is 30.5 Å². The Kier molecular flexibility index (Phi) is 5.28. The van der Waals surface area contributed by atoms with E-state index >= 15 is 0 Å². The number of carbonyl (C=O) groups excluding carboxylic acids is 1. The van der Waals surface area contributed by atoms with Crippen molar-refractivity contribution in [3.63, 3.8) is 0 Å². The Labute approximate surface area is 144 Å². The lowest BCUT2D eigenvalue weighted by atomic mass is 10.1. The standard InChI is InChI=1S/C19H19FN2O3/c20-15-9-6-14(7-10-15)8-11-18(23)25-13-3-12-22-17-5-2-1-4-16(17)21-19(22)24/h1-2,4-7,9-10H,3,8,11-13H2,(H,21,24). The molecule has 130 valence electrons. The minimum Gasteiger partial charge on any atom is -0.466 e. The number of para-hydroxylation sites is 2. The molecule has 0 fully saturated rings. The molecule has 1 aromatic heterocycles. The maximum atomic E-state index is 12.8. The van der Waals surface area contributed by atoms with Gasteiger partial charge in [-0.25, -0.2) is 9.18 Å². The Bertz CT molecular complexity index is 912. The Morgan fingerprint density at radius 1 is 1.12 bits per heavy atom. The van der Waals surface area contributed by atoms with Crippen LogP contribution in [0.15, 0.2) is 53.3 Å². The van der Waals surface area contributed by atoms with Gasteiger partial charge in [0, 0.05) is 13.0 Å². The largest absolute Gasteiger partial charge is 0.466 e. The zero-order valence-corrected chi connectivity index (χ0v) is 13.7. The molecule has 0 saturated carbocycles. The Morgan fingerprint density at radius 3 is 2.68 bits per heavy atom. The van der Waals surface area contributed by atoms with Crippen molar-refractivity contribution in [2.75, 3.05) is 6.61 Å². The SMILES string of the molecule is O=C(CCc1ccc(F)cc1)OCCCn1c(=O)[nH]c2ccccc21. The van der Waals surface area contributed by atoms with Gasteiger partial charge in [0.1, 0.15) is 5.82 Å². The molecule has 1 N–H and O–H groups in total. The number of aromatic nitrogens is 2. The Hall–Kier alpha value is -2.89. The number of halogens is 1. The molecule has 0 atom stereocenters. The van der Waals surface area contributed by atoms with Crippen molar-refractivity contribution < 1.29 is 13.9 Å². The monoisotopic (exact) mass is 342 g/mol. The van der Waals surface area contributed by atoms with Crippen LogP contribution in [0.25, 0.3) is 11.0 Å². The van der Waals surface area contributed by atoms with E-state index in [0.717, 1.165) is 16.6 Å². The number of nitrogens with one attached hydrogen (secondary N) is 1. The number of esters is 1. The summed E-state index contributed by atoms with van der Waals surface area (Å²) in [5.41, 5.74) is 2.37. The van der Waals surface area contributed by atoms with Crippen molar-refractivity contribution in [2.45, 2.75) is 25.8 Å². The van der Waals surface area contributed by atoms with Gasteiger partial charge in [-0.2, -0.15) is 0 Å². The van der Waals surface area contributed by atoms with Crippen molar-refractivity contribution in [3.8, 4) is 0 Å². The van der Waals surface area contributed by atoms with Gasteiger partial charge >= 0.3 is 11.7 Å². The summed E-state index contributed by atoms with van der Waals surface area (Å²) < 4.78 is 19.7. The van der Waals surface area contributed by atoms with Crippen molar-refractivity contribution in [1.29, 1.82) is 0 Å². The lowest BCUT2D eigenvalue weighted by Crippen LogP contribution is -2.18. The molecule has 0 aliphatic heterocycles. The fourth-order valence-electron chi connectivity index (χ4n) is 2.71. The van der Waals surface area contributed by atoms with Gasteiger partial charge in [0.15, 0.2) is 0 Å². The summed E-state index contributed by atoms with van der Waals surface area (Å²) in [6.07, 6.45) is 1.32. The van der Waals surface area contributed by atoms with Gasteiger partial charge < -0.3 is 9.72 Å². The summed E-state index contributed by atoms with van der Waals surface area (Å²) in [6, 6.07) is 13.5. The number of aryl methyl sites for hydroxylation is 2. The van der Waals surface area contributed by atoms with E-state index in [1.54, 1.807) is 16.7 Å². The van der Waals surface area contributed by atoms with Gasteiger partial charge in [0.25, 0.3) is 0 Å². The lowest BCUT2D eigenvalue weighted by molar-refractivity contribution is -0.143. The van der Waals surface area contributed by atoms with E-state index in [9.17, 15) is 14.0 Å². The third kappa shape index (κ3) is 4.35. The molecule has 0 aliphatic carbocycles. The summed E-state index contributed by atoms with van der Waals surface area (Å²) in [5, 5.41) is 0. The number of H-pyrrole nitrogens is 1. The van der Waals surface area contributed by atoms with Crippen LogP contribution in [0.3, 0.4) is 0 Å². The topological polar surface area (TPSA) is 64.1 Å². The molecule has 6 heteroatoms. The van der Waals surface area contributed by atoms with Crippen molar-refractivity contribution in [2.24, 2.45) is 0 Å². The van der Waals surface area contributed by atoms with Gasteiger partial charge in [-0.05, 0) is 42.7 Å². The normalized spacial score (nSPS) is 10.9.